The zero-order chi connectivity index (χ0) is 22.2. The molecular weight excluding hydrogens is 464 g/mol. The average molecular weight is 483 g/mol. The summed E-state index contributed by atoms with van der Waals surface area (Å²) >= 11 is 3.47. The Morgan fingerprint density at radius 2 is 1.97 bits per heavy atom. The van der Waals surface area contributed by atoms with Crippen LogP contribution in [-0.2, 0) is 14.3 Å². The molecule has 0 radical (unpaired) electrons. The van der Waals surface area contributed by atoms with Crippen molar-refractivity contribution in [3.63, 3.8) is 0 Å². The van der Waals surface area contributed by atoms with Crippen LogP contribution in [0.5, 0.6) is 0 Å². The Bertz CT molecular complexity index is 1050. The van der Waals surface area contributed by atoms with Crippen LogP contribution in [0.1, 0.15) is 24.2 Å². The van der Waals surface area contributed by atoms with Gasteiger partial charge >= 0.3 is 12.1 Å². The van der Waals surface area contributed by atoms with Crippen molar-refractivity contribution in [2.24, 2.45) is 0 Å². The van der Waals surface area contributed by atoms with Gasteiger partial charge in [0.2, 0.25) is 11.0 Å². The lowest BCUT2D eigenvalue weighted by Crippen LogP contribution is -2.16. The predicted octanol–water partition coefficient (Wildman–Crippen LogP) is 4.34. The monoisotopic (exact) mass is 482 g/mol. The number of hydrogen-bond acceptors (Lipinski definition) is 11. The summed E-state index contributed by atoms with van der Waals surface area (Å²) in [5.74, 6) is -0.343. The topological polar surface area (TPSA) is 133 Å². The van der Waals surface area contributed by atoms with Gasteiger partial charge in [-0.2, -0.15) is 0 Å². The molecule has 0 aliphatic heterocycles. The fourth-order valence-electron chi connectivity index (χ4n) is 2.33. The van der Waals surface area contributed by atoms with Crippen molar-refractivity contribution in [3.05, 3.63) is 29.3 Å². The number of nitrogens with zero attached hydrogens (tertiary/aromatic N) is 2. The van der Waals surface area contributed by atoms with Crippen LogP contribution in [-0.4, -0.2) is 47.1 Å². The van der Waals surface area contributed by atoms with Gasteiger partial charge in [-0.15, -0.1) is 21.5 Å². The van der Waals surface area contributed by atoms with E-state index < -0.39 is 12.1 Å². The van der Waals surface area contributed by atoms with E-state index >= 15 is 0 Å². The van der Waals surface area contributed by atoms with Gasteiger partial charge in [-0.05, 0) is 26.0 Å². The lowest BCUT2D eigenvalue weighted by molar-refractivity contribution is -0.113. The number of thiophene rings is 1. The molecule has 0 fully saturated rings. The summed E-state index contributed by atoms with van der Waals surface area (Å²) in [6.45, 7) is 3.84. The highest BCUT2D eigenvalue weighted by atomic mass is 32.2. The van der Waals surface area contributed by atoms with Crippen LogP contribution >= 0.6 is 34.4 Å². The normalized spacial score (nSPS) is 10.5. The molecule has 0 unspecified atom stereocenters. The number of thioether (sulfide) groups is 1. The maximum atomic E-state index is 12.5. The fraction of sp³-hybridized carbons (Fsp3) is 0.278. The van der Waals surface area contributed by atoms with Crippen molar-refractivity contribution >= 4 is 62.5 Å². The second-order valence-electron chi connectivity index (χ2n) is 5.61. The van der Waals surface area contributed by atoms with E-state index in [2.05, 4.69) is 20.8 Å². The molecule has 31 heavy (non-hydrogen) atoms. The summed E-state index contributed by atoms with van der Waals surface area (Å²) in [4.78, 5) is 36.3. The highest BCUT2D eigenvalue weighted by Gasteiger charge is 2.24. The predicted molar refractivity (Wildman–Crippen MR) is 118 cm³/mol. The Kier molecular flexibility index (Phi) is 8.03. The van der Waals surface area contributed by atoms with Gasteiger partial charge in [0.15, 0.2) is 4.34 Å². The van der Waals surface area contributed by atoms with Gasteiger partial charge in [0.05, 0.1) is 25.2 Å². The number of carbonyl (C=O) groups excluding carboxylic acids is 3. The van der Waals surface area contributed by atoms with E-state index in [0.29, 0.717) is 20.7 Å². The standard InChI is InChI=1S/C18H18N4O6S3/c1-3-26-15(24)13-10(11-6-5-7-28-11)8-29-14(13)19-12(23)9-30-18-22-21-16(31-18)20-17(25)27-4-2/h5-8H,3-4,9H2,1-2H3,(H,19,23)(H,20,21,25). The molecule has 0 bridgehead atoms. The van der Waals surface area contributed by atoms with Crippen LogP contribution in [0.15, 0.2) is 32.5 Å². The number of furan rings is 1. The number of aromatic nitrogens is 2. The molecule has 164 valence electrons. The number of rotatable bonds is 9. The summed E-state index contributed by atoms with van der Waals surface area (Å²) in [6.07, 6.45) is 0.883. The molecule has 3 rings (SSSR count). The van der Waals surface area contributed by atoms with Gasteiger partial charge in [0, 0.05) is 10.9 Å². The Morgan fingerprint density at radius 1 is 1.16 bits per heavy atom. The third kappa shape index (κ3) is 6.06. The van der Waals surface area contributed by atoms with Gasteiger partial charge in [-0.25, -0.2) is 9.59 Å². The molecule has 13 heteroatoms. The Balaban J connectivity index is 1.64. The van der Waals surface area contributed by atoms with E-state index in [0.717, 1.165) is 23.1 Å². The van der Waals surface area contributed by atoms with E-state index in [1.165, 1.54) is 17.6 Å². The molecule has 3 aromatic rings. The first-order chi connectivity index (χ1) is 15.0. The summed E-state index contributed by atoms with van der Waals surface area (Å²) in [5.41, 5.74) is 0.798. The maximum Gasteiger partial charge on any atom is 0.413 e. The number of esters is 1. The Labute approximate surface area is 189 Å². The van der Waals surface area contributed by atoms with Gasteiger partial charge in [-0.1, -0.05) is 23.1 Å². The smallest absolute Gasteiger partial charge is 0.413 e. The minimum atomic E-state index is -0.621. The van der Waals surface area contributed by atoms with Gasteiger partial charge < -0.3 is 19.2 Å². The van der Waals surface area contributed by atoms with Crippen molar-refractivity contribution in [3.8, 4) is 11.3 Å². The van der Waals surface area contributed by atoms with Crippen LogP contribution in [0.4, 0.5) is 14.9 Å². The van der Waals surface area contributed by atoms with Crippen molar-refractivity contribution in [1.29, 1.82) is 0 Å². The first kappa shape index (κ1) is 22.8. The van der Waals surface area contributed by atoms with Crippen molar-refractivity contribution < 1.29 is 28.3 Å². The third-order valence-corrected chi connectivity index (χ3v) is 6.40. The van der Waals surface area contributed by atoms with E-state index in [4.69, 9.17) is 13.9 Å². The quantitative estimate of drug-likeness (QED) is 0.260. The molecule has 0 aliphatic carbocycles. The second kappa shape index (κ2) is 10.9. The molecule has 0 spiro atoms. The van der Waals surface area contributed by atoms with Crippen LogP contribution in [0.3, 0.4) is 0 Å². The van der Waals surface area contributed by atoms with Crippen molar-refractivity contribution in [2.45, 2.75) is 18.2 Å². The number of amides is 2. The van der Waals surface area contributed by atoms with Crippen LogP contribution in [0.25, 0.3) is 11.3 Å². The lowest BCUT2D eigenvalue weighted by Gasteiger charge is -2.07. The number of nitrogens with one attached hydrogen (secondary N) is 2. The maximum absolute atomic E-state index is 12.5. The molecule has 0 aliphatic rings. The third-order valence-electron chi connectivity index (χ3n) is 3.53. The van der Waals surface area contributed by atoms with Crippen molar-refractivity contribution in [1.82, 2.24) is 10.2 Å². The highest BCUT2D eigenvalue weighted by Crippen LogP contribution is 2.36. The number of ether oxygens (including phenoxy) is 2. The van der Waals surface area contributed by atoms with Gasteiger partial charge in [0.1, 0.15) is 16.3 Å². The zero-order valence-electron chi connectivity index (χ0n) is 16.5. The molecule has 10 nitrogen and oxygen atoms in total. The summed E-state index contributed by atoms with van der Waals surface area (Å²) in [7, 11) is 0. The van der Waals surface area contributed by atoms with Gasteiger partial charge in [-0.3, -0.25) is 10.1 Å². The number of hydrogen-bond donors (Lipinski definition) is 2. The molecule has 2 amide bonds. The first-order valence-electron chi connectivity index (χ1n) is 9.04. The SMILES string of the molecule is CCOC(=O)Nc1nnc(SCC(=O)Nc2scc(-c3ccco3)c2C(=O)OCC)s1. The van der Waals surface area contributed by atoms with Gasteiger partial charge in [0.25, 0.3) is 0 Å². The summed E-state index contributed by atoms with van der Waals surface area (Å²) in [5, 5.41) is 15.3. The van der Waals surface area contributed by atoms with Crippen molar-refractivity contribution in [2.75, 3.05) is 29.6 Å². The molecule has 0 saturated carbocycles. The Hall–Kier alpha value is -2.90. The molecule has 0 saturated heterocycles. The number of anilines is 2. The molecule has 3 aromatic heterocycles. The van der Waals surface area contributed by atoms with E-state index in [9.17, 15) is 14.4 Å². The molecule has 0 aromatic carbocycles. The zero-order valence-corrected chi connectivity index (χ0v) is 18.9. The summed E-state index contributed by atoms with van der Waals surface area (Å²) in [6, 6.07) is 3.44. The Morgan fingerprint density at radius 3 is 2.68 bits per heavy atom. The van der Waals surface area contributed by atoms with Crippen LogP contribution < -0.4 is 10.6 Å². The lowest BCUT2D eigenvalue weighted by atomic mass is 10.1. The van der Waals surface area contributed by atoms with E-state index in [-0.39, 0.29) is 35.6 Å². The second-order valence-corrected chi connectivity index (χ2v) is 8.69. The minimum absolute atomic E-state index is 0.0320. The fourth-order valence-corrected chi connectivity index (χ4v) is 4.82. The largest absolute Gasteiger partial charge is 0.464 e. The minimum Gasteiger partial charge on any atom is -0.464 e. The van der Waals surface area contributed by atoms with Crippen LogP contribution in [0.2, 0.25) is 0 Å². The van der Waals surface area contributed by atoms with E-state index in [1.807, 2.05) is 0 Å². The molecule has 2 N–H and O–H groups in total. The summed E-state index contributed by atoms with van der Waals surface area (Å²) < 4.78 is 15.8. The number of carbonyl (C=O) groups is 3. The average Bonchev–Trinajstić information content (AvgIpc) is 3.47. The molecule has 0 atom stereocenters. The first-order valence-corrected chi connectivity index (χ1v) is 11.7. The van der Waals surface area contributed by atoms with E-state index in [1.54, 1.807) is 31.4 Å². The molecule has 3 heterocycles. The highest BCUT2D eigenvalue weighted by molar-refractivity contribution is 8.01. The molecular formula is C18H18N4O6S3. The van der Waals surface area contributed by atoms with Crippen LogP contribution in [0, 0.1) is 0 Å².